The lowest BCUT2D eigenvalue weighted by Crippen LogP contribution is -2.46. The van der Waals surface area contributed by atoms with E-state index < -0.39 is 0 Å². The van der Waals surface area contributed by atoms with E-state index in [0.29, 0.717) is 35.8 Å². The Bertz CT molecular complexity index is 549. The molecule has 1 aromatic carbocycles. The number of likely N-dealkylation sites (N-methyl/N-ethyl adjacent to an activating group) is 1. The number of ether oxygens (including phenoxy) is 1. The first-order chi connectivity index (χ1) is 10.6. The van der Waals surface area contributed by atoms with Crippen molar-refractivity contribution in [1.82, 2.24) is 4.90 Å². The van der Waals surface area contributed by atoms with Crippen LogP contribution in [0.3, 0.4) is 0 Å². The van der Waals surface area contributed by atoms with Crippen molar-refractivity contribution >= 4 is 17.5 Å². The second-order valence-corrected chi connectivity index (χ2v) is 6.88. The molecule has 4 atom stereocenters. The minimum absolute atomic E-state index is 0.00376. The van der Waals surface area contributed by atoms with E-state index in [9.17, 15) is 4.79 Å². The average Bonchev–Trinajstić information content (AvgIpc) is 3.09. The largest absolute Gasteiger partial charge is 0.490 e. The van der Waals surface area contributed by atoms with Gasteiger partial charge in [0, 0.05) is 13.1 Å². The third-order valence-corrected chi connectivity index (χ3v) is 5.48. The van der Waals surface area contributed by atoms with Crippen LogP contribution in [0.1, 0.15) is 19.3 Å². The molecule has 1 aromatic rings. The summed E-state index contributed by atoms with van der Waals surface area (Å²) < 4.78 is 5.65. The van der Waals surface area contributed by atoms with Gasteiger partial charge in [-0.05, 0) is 43.2 Å². The molecule has 2 N–H and O–H groups in total. The number of hydrogen-bond acceptors (Lipinski definition) is 3. The zero-order chi connectivity index (χ0) is 15.7. The molecule has 4 nitrogen and oxygen atoms in total. The lowest BCUT2D eigenvalue weighted by atomic mass is 9.84. The van der Waals surface area contributed by atoms with Gasteiger partial charge in [0.1, 0.15) is 12.4 Å². The summed E-state index contributed by atoms with van der Waals surface area (Å²) in [6.45, 7) is 0.979. The Balaban J connectivity index is 1.51. The summed E-state index contributed by atoms with van der Waals surface area (Å²) in [5, 5.41) is 0.589. The predicted molar refractivity (Wildman–Crippen MR) is 86.9 cm³/mol. The van der Waals surface area contributed by atoms with Crippen LogP contribution in [0.5, 0.6) is 5.75 Å². The van der Waals surface area contributed by atoms with Crippen molar-refractivity contribution in [1.29, 1.82) is 0 Å². The molecule has 2 aliphatic carbocycles. The summed E-state index contributed by atoms with van der Waals surface area (Å²) in [6, 6.07) is 7.40. The zero-order valence-electron chi connectivity index (χ0n) is 12.9. The van der Waals surface area contributed by atoms with Crippen LogP contribution in [0.4, 0.5) is 0 Å². The van der Waals surface area contributed by atoms with E-state index in [-0.39, 0.29) is 17.9 Å². The van der Waals surface area contributed by atoms with Crippen molar-refractivity contribution in [3.05, 3.63) is 29.3 Å². The number of hydrogen-bond donors (Lipinski definition) is 1. The Morgan fingerprint density at radius 2 is 2.09 bits per heavy atom. The van der Waals surface area contributed by atoms with Gasteiger partial charge >= 0.3 is 0 Å². The minimum atomic E-state index is 0.00376. The molecular formula is C17H23ClN2O2. The van der Waals surface area contributed by atoms with Crippen molar-refractivity contribution < 1.29 is 9.53 Å². The van der Waals surface area contributed by atoms with Crippen molar-refractivity contribution in [3.8, 4) is 5.75 Å². The molecule has 0 radical (unpaired) electrons. The number of fused-ring (bicyclic) bond motifs is 2. The Morgan fingerprint density at radius 1 is 1.36 bits per heavy atom. The maximum Gasteiger partial charge on any atom is 0.227 e. The second kappa shape index (κ2) is 6.47. The first kappa shape index (κ1) is 15.6. The van der Waals surface area contributed by atoms with Crippen LogP contribution in [0.2, 0.25) is 5.02 Å². The molecular weight excluding hydrogens is 300 g/mol. The maximum absolute atomic E-state index is 12.6. The SMILES string of the molecule is CN(CCOc1ccccc1Cl)C(=O)C1C2CCC(C2)C1N. The molecule has 0 spiro atoms. The van der Waals surface area contributed by atoms with Crippen LogP contribution in [0.15, 0.2) is 24.3 Å². The van der Waals surface area contributed by atoms with E-state index in [1.165, 1.54) is 6.42 Å². The Hall–Kier alpha value is -1.26. The number of amides is 1. The van der Waals surface area contributed by atoms with Crippen molar-refractivity contribution in [2.45, 2.75) is 25.3 Å². The summed E-state index contributed by atoms with van der Waals surface area (Å²) in [5.74, 6) is 1.86. The van der Waals surface area contributed by atoms with Crippen molar-refractivity contribution in [3.63, 3.8) is 0 Å². The number of benzene rings is 1. The Kier molecular flexibility index (Phi) is 4.59. The highest BCUT2D eigenvalue weighted by Gasteiger charge is 2.49. The van der Waals surface area contributed by atoms with E-state index >= 15 is 0 Å². The van der Waals surface area contributed by atoms with E-state index in [2.05, 4.69) is 0 Å². The fourth-order valence-electron chi connectivity index (χ4n) is 3.92. The Morgan fingerprint density at radius 3 is 2.77 bits per heavy atom. The summed E-state index contributed by atoms with van der Waals surface area (Å²) in [7, 11) is 1.83. The normalized spacial score (nSPS) is 29.6. The van der Waals surface area contributed by atoms with E-state index in [0.717, 1.165) is 12.8 Å². The summed E-state index contributed by atoms with van der Waals surface area (Å²) in [6.07, 6.45) is 3.47. The van der Waals surface area contributed by atoms with Gasteiger partial charge in [-0.3, -0.25) is 4.79 Å². The highest BCUT2D eigenvalue weighted by Crippen LogP contribution is 2.48. The van der Waals surface area contributed by atoms with Gasteiger partial charge in [0.2, 0.25) is 5.91 Å². The van der Waals surface area contributed by atoms with Crippen LogP contribution in [0.25, 0.3) is 0 Å². The van der Waals surface area contributed by atoms with Gasteiger partial charge < -0.3 is 15.4 Å². The van der Waals surface area contributed by atoms with E-state index in [4.69, 9.17) is 22.1 Å². The average molecular weight is 323 g/mol. The summed E-state index contributed by atoms with van der Waals surface area (Å²) >= 11 is 6.05. The van der Waals surface area contributed by atoms with Crippen LogP contribution in [0, 0.1) is 17.8 Å². The van der Waals surface area contributed by atoms with Gasteiger partial charge in [-0.25, -0.2) is 0 Å². The number of carbonyl (C=O) groups is 1. The standard InChI is InChI=1S/C17H23ClN2O2/c1-20(8-9-22-14-5-3-2-4-13(14)18)17(21)15-11-6-7-12(10-11)16(15)19/h2-5,11-12,15-16H,6-10,19H2,1H3. The number of para-hydroxylation sites is 1. The van der Waals surface area contributed by atoms with Crippen LogP contribution in [-0.2, 0) is 4.79 Å². The fraction of sp³-hybridized carbons (Fsp3) is 0.588. The number of halogens is 1. The van der Waals surface area contributed by atoms with Crippen molar-refractivity contribution in [2.24, 2.45) is 23.5 Å². The van der Waals surface area contributed by atoms with Gasteiger partial charge in [0.05, 0.1) is 17.5 Å². The lowest BCUT2D eigenvalue weighted by molar-refractivity contribution is -0.136. The van der Waals surface area contributed by atoms with Crippen LogP contribution in [-0.4, -0.2) is 37.0 Å². The molecule has 2 aliphatic rings. The molecule has 0 aromatic heterocycles. The molecule has 22 heavy (non-hydrogen) atoms. The highest BCUT2D eigenvalue weighted by atomic mass is 35.5. The molecule has 2 bridgehead atoms. The molecule has 0 heterocycles. The van der Waals surface area contributed by atoms with Gasteiger partial charge in [0.15, 0.2) is 0 Å². The lowest BCUT2D eigenvalue weighted by Gasteiger charge is -2.30. The molecule has 4 unspecified atom stereocenters. The van der Waals surface area contributed by atoms with Gasteiger partial charge in [-0.1, -0.05) is 23.7 Å². The van der Waals surface area contributed by atoms with Crippen LogP contribution >= 0.6 is 11.6 Å². The highest BCUT2D eigenvalue weighted by molar-refractivity contribution is 6.32. The smallest absolute Gasteiger partial charge is 0.227 e. The third-order valence-electron chi connectivity index (χ3n) is 5.16. The fourth-order valence-corrected chi connectivity index (χ4v) is 4.11. The number of nitrogens with two attached hydrogens (primary N) is 1. The van der Waals surface area contributed by atoms with Crippen LogP contribution < -0.4 is 10.5 Å². The van der Waals surface area contributed by atoms with E-state index in [1.54, 1.807) is 11.0 Å². The predicted octanol–water partition coefficient (Wildman–Crippen LogP) is 2.55. The number of carbonyl (C=O) groups excluding carboxylic acids is 1. The topological polar surface area (TPSA) is 55.6 Å². The van der Waals surface area contributed by atoms with Gasteiger partial charge in [0.25, 0.3) is 0 Å². The number of rotatable bonds is 5. The first-order valence-electron chi connectivity index (χ1n) is 7.96. The third kappa shape index (κ3) is 2.95. The minimum Gasteiger partial charge on any atom is -0.490 e. The van der Waals surface area contributed by atoms with E-state index in [1.807, 2.05) is 25.2 Å². The molecule has 1 amide bonds. The summed E-state index contributed by atoms with van der Waals surface area (Å²) in [4.78, 5) is 14.4. The quantitative estimate of drug-likeness (QED) is 0.906. The van der Waals surface area contributed by atoms with Gasteiger partial charge in [-0.15, -0.1) is 0 Å². The molecule has 2 fully saturated rings. The first-order valence-corrected chi connectivity index (χ1v) is 8.33. The van der Waals surface area contributed by atoms with Gasteiger partial charge in [-0.2, -0.15) is 0 Å². The molecule has 0 aliphatic heterocycles. The molecule has 3 rings (SSSR count). The summed E-state index contributed by atoms with van der Waals surface area (Å²) in [5.41, 5.74) is 6.25. The zero-order valence-corrected chi connectivity index (χ0v) is 13.6. The maximum atomic E-state index is 12.6. The number of nitrogens with zero attached hydrogens (tertiary/aromatic N) is 1. The monoisotopic (exact) mass is 322 g/mol. The second-order valence-electron chi connectivity index (χ2n) is 6.48. The Labute approximate surface area is 136 Å². The molecule has 0 saturated heterocycles. The molecule has 120 valence electrons. The molecule has 2 saturated carbocycles. The van der Waals surface area contributed by atoms with Crippen molar-refractivity contribution in [2.75, 3.05) is 20.2 Å². The molecule has 5 heteroatoms.